The first-order chi connectivity index (χ1) is 16.9. The van der Waals surface area contributed by atoms with Crippen molar-refractivity contribution in [2.75, 3.05) is 20.2 Å². The van der Waals surface area contributed by atoms with Gasteiger partial charge in [-0.15, -0.1) is 0 Å². The van der Waals surface area contributed by atoms with E-state index in [1.807, 2.05) is 35.2 Å². The predicted octanol–water partition coefficient (Wildman–Crippen LogP) is 3.06. The highest BCUT2D eigenvalue weighted by molar-refractivity contribution is 5.77. The number of likely N-dealkylation sites (tertiary alicyclic amines) is 1. The van der Waals surface area contributed by atoms with Gasteiger partial charge in [0.15, 0.2) is 0 Å². The number of hydrogen-bond donors (Lipinski definition) is 1. The largest absolute Gasteiger partial charge is 0.469 e. The van der Waals surface area contributed by atoms with Gasteiger partial charge in [-0.25, -0.2) is 0 Å². The third-order valence-electron chi connectivity index (χ3n) is 7.18. The van der Waals surface area contributed by atoms with Gasteiger partial charge in [0.2, 0.25) is 11.8 Å². The lowest BCUT2D eigenvalue weighted by Crippen LogP contribution is -2.51. The summed E-state index contributed by atoms with van der Waals surface area (Å²) >= 11 is 0. The Morgan fingerprint density at radius 1 is 1.09 bits per heavy atom. The number of nitrogens with one attached hydrogen (secondary N) is 1. The first kappa shape index (κ1) is 24.9. The molecule has 2 heterocycles. The Balaban J connectivity index is 1.53. The molecule has 1 aliphatic heterocycles. The smallest absolute Gasteiger partial charge is 0.305 e. The van der Waals surface area contributed by atoms with E-state index in [2.05, 4.69) is 27.2 Å². The fraction of sp³-hybridized carbons (Fsp3) is 0.481. The van der Waals surface area contributed by atoms with Gasteiger partial charge in [0, 0.05) is 44.5 Å². The van der Waals surface area contributed by atoms with Crippen LogP contribution >= 0.6 is 0 Å². The first-order valence-electron chi connectivity index (χ1n) is 12.2. The lowest BCUT2D eigenvalue weighted by molar-refractivity contribution is -0.141. The van der Waals surface area contributed by atoms with Crippen molar-refractivity contribution in [1.82, 2.24) is 15.2 Å². The number of methoxy groups -OCH3 is 1. The number of piperidine rings is 1. The van der Waals surface area contributed by atoms with Crippen LogP contribution in [-0.2, 0) is 35.9 Å². The van der Waals surface area contributed by atoms with Crippen LogP contribution in [0.3, 0.4) is 0 Å². The van der Waals surface area contributed by atoms with Crippen molar-refractivity contribution in [2.45, 2.75) is 63.2 Å². The van der Waals surface area contributed by atoms with Gasteiger partial charge in [0.05, 0.1) is 31.6 Å². The minimum Gasteiger partial charge on any atom is -0.469 e. The molecular formula is C27H33N3O5. The van der Waals surface area contributed by atoms with E-state index in [9.17, 15) is 14.4 Å². The van der Waals surface area contributed by atoms with Gasteiger partial charge < -0.3 is 19.7 Å². The molecule has 0 unspecified atom stereocenters. The van der Waals surface area contributed by atoms with Crippen LogP contribution in [0.1, 0.15) is 61.9 Å². The number of fused-ring (bicyclic) bond motifs is 2. The van der Waals surface area contributed by atoms with Gasteiger partial charge >= 0.3 is 5.97 Å². The van der Waals surface area contributed by atoms with Crippen molar-refractivity contribution in [3.8, 4) is 0 Å². The van der Waals surface area contributed by atoms with Crippen LogP contribution in [0.25, 0.3) is 0 Å². The van der Waals surface area contributed by atoms with Crippen LogP contribution < -0.4 is 5.32 Å². The number of carbonyl (C=O) groups is 3. The number of pyridine rings is 1. The van der Waals surface area contributed by atoms with Gasteiger partial charge in [0.25, 0.3) is 0 Å². The van der Waals surface area contributed by atoms with Crippen LogP contribution in [-0.4, -0.2) is 54.0 Å². The second-order valence-corrected chi connectivity index (χ2v) is 9.28. The Morgan fingerprint density at radius 2 is 1.83 bits per heavy atom. The third-order valence-corrected chi connectivity index (χ3v) is 7.18. The maximum Gasteiger partial charge on any atom is 0.305 e. The normalized spacial score (nSPS) is 20.3. The molecule has 1 N–H and O–H groups in total. The number of nitrogens with zero attached hydrogens (tertiary/aromatic N) is 2. The molecule has 8 nitrogen and oxygen atoms in total. The molecule has 1 saturated heterocycles. The molecule has 2 aromatic rings. The fourth-order valence-corrected chi connectivity index (χ4v) is 5.50. The summed E-state index contributed by atoms with van der Waals surface area (Å²) in [6, 6.07) is 13.7. The molecule has 1 fully saturated rings. The van der Waals surface area contributed by atoms with E-state index in [1.165, 1.54) is 19.6 Å². The number of esters is 1. The number of aromatic nitrogens is 1. The summed E-state index contributed by atoms with van der Waals surface area (Å²) in [4.78, 5) is 42.6. The van der Waals surface area contributed by atoms with Gasteiger partial charge in [-0.05, 0) is 42.5 Å². The number of ether oxygens (including phenoxy) is 2. The summed E-state index contributed by atoms with van der Waals surface area (Å²) in [5.74, 6) is -0.347. The number of carbonyl (C=O) groups excluding carboxylic acids is 3. The molecule has 2 atom stereocenters. The summed E-state index contributed by atoms with van der Waals surface area (Å²) in [6.45, 7) is 3.07. The lowest BCUT2D eigenvalue weighted by Gasteiger charge is -2.44. The molecule has 1 aromatic heterocycles. The lowest BCUT2D eigenvalue weighted by atomic mass is 9.71. The second-order valence-electron chi connectivity index (χ2n) is 9.28. The summed E-state index contributed by atoms with van der Waals surface area (Å²) in [5, 5.41) is 3.13. The van der Waals surface area contributed by atoms with E-state index < -0.39 is 0 Å². The molecular weight excluding hydrogens is 446 g/mol. The minimum atomic E-state index is -0.318. The molecule has 35 heavy (non-hydrogen) atoms. The van der Waals surface area contributed by atoms with Crippen LogP contribution in [0.4, 0.5) is 0 Å². The van der Waals surface area contributed by atoms with E-state index in [0.29, 0.717) is 32.5 Å². The molecule has 4 rings (SSSR count). The van der Waals surface area contributed by atoms with Gasteiger partial charge in [-0.3, -0.25) is 19.4 Å². The first-order valence-corrected chi connectivity index (χ1v) is 12.2. The Hall–Kier alpha value is -3.26. The highest BCUT2D eigenvalue weighted by Gasteiger charge is 2.54. The van der Waals surface area contributed by atoms with E-state index in [0.717, 1.165) is 24.1 Å². The molecule has 0 bridgehead atoms. The Labute approximate surface area is 206 Å². The third kappa shape index (κ3) is 5.37. The van der Waals surface area contributed by atoms with Crippen LogP contribution in [0.15, 0.2) is 48.7 Å². The Morgan fingerprint density at radius 3 is 2.51 bits per heavy atom. The molecule has 0 saturated carbocycles. The van der Waals surface area contributed by atoms with Crippen LogP contribution in [0.5, 0.6) is 0 Å². The zero-order valence-corrected chi connectivity index (χ0v) is 20.4. The highest BCUT2D eigenvalue weighted by atomic mass is 16.5. The number of amides is 2. The predicted molar refractivity (Wildman–Crippen MR) is 129 cm³/mol. The number of hydrogen-bond acceptors (Lipinski definition) is 6. The summed E-state index contributed by atoms with van der Waals surface area (Å²) in [5.41, 5.74) is 2.77. The van der Waals surface area contributed by atoms with Crippen molar-refractivity contribution in [3.63, 3.8) is 0 Å². The zero-order chi connectivity index (χ0) is 24.8. The minimum absolute atomic E-state index is 0.0550. The van der Waals surface area contributed by atoms with Crippen molar-refractivity contribution < 1.29 is 23.9 Å². The fourth-order valence-electron chi connectivity index (χ4n) is 5.50. The maximum atomic E-state index is 12.8. The van der Waals surface area contributed by atoms with Crippen LogP contribution in [0, 0.1) is 0 Å². The van der Waals surface area contributed by atoms with E-state index >= 15 is 0 Å². The molecule has 8 heteroatoms. The Kier molecular flexibility index (Phi) is 7.80. The Bertz CT molecular complexity index is 1050. The van der Waals surface area contributed by atoms with Gasteiger partial charge in [0.1, 0.15) is 0 Å². The topological polar surface area (TPSA) is 97.8 Å². The number of rotatable bonds is 8. The molecule has 2 aliphatic rings. The molecule has 1 spiro atoms. The average Bonchev–Trinajstić information content (AvgIpc) is 3.11. The maximum absolute atomic E-state index is 12.8. The van der Waals surface area contributed by atoms with E-state index in [1.54, 1.807) is 6.20 Å². The highest BCUT2D eigenvalue weighted by Crippen LogP contribution is 2.52. The van der Waals surface area contributed by atoms with Crippen molar-refractivity contribution in [2.24, 2.45) is 0 Å². The van der Waals surface area contributed by atoms with Gasteiger partial charge in [-0.2, -0.15) is 0 Å². The molecule has 1 aliphatic carbocycles. The average molecular weight is 480 g/mol. The molecule has 0 radical (unpaired) electrons. The zero-order valence-electron chi connectivity index (χ0n) is 20.4. The molecule has 186 valence electrons. The monoisotopic (exact) mass is 479 g/mol. The summed E-state index contributed by atoms with van der Waals surface area (Å²) in [7, 11) is 1.36. The van der Waals surface area contributed by atoms with Crippen molar-refractivity contribution >= 4 is 17.8 Å². The SMILES string of the molecule is COC(=O)CCCC(=O)N1CCC2(CC1)c1ccccc1[C@@H](NC(C)=O)[C@@H]2OCc1ccccn1. The number of benzene rings is 1. The van der Waals surface area contributed by atoms with E-state index in [4.69, 9.17) is 4.74 Å². The summed E-state index contributed by atoms with van der Waals surface area (Å²) in [6.07, 6.45) is 3.99. The van der Waals surface area contributed by atoms with Gasteiger partial charge in [-0.1, -0.05) is 30.3 Å². The standard InChI is InChI=1S/C27H33N3O5/c1-19(31)29-25-21-9-3-4-10-22(21)27(26(25)35-18-20-8-5-6-15-28-20)13-16-30(17-14-27)23(32)11-7-12-24(33)34-2/h3-6,8-10,15,25-26H,7,11-14,16-18H2,1-2H3,(H,29,31)/t25-,26+/m1/s1. The molecule has 2 amide bonds. The quantitative estimate of drug-likeness (QED) is 0.585. The van der Waals surface area contributed by atoms with Crippen molar-refractivity contribution in [3.05, 3.63) is 65.5 Å². The summed E-state index contributed by atoms with van der Waals surface area (Å²) < 4.78 is 11.2. The molecule has 1 aromatic carbocycles. The van der Waals surface area contributed by atoms with E-state index in [-0.39, 0.29) is 41.8 Å². The van der Waals surface area contributed by atoms with Crippen molar-refractivity contribution in [1.29, 1.82) is 0 Å². The second kappa shape index (κ2) is 11.0. The van der Waals surface area contributed by atoms with Crippen LogP contribution in [0.2, 0.25) is 0 Å².